The average Bonchev–Trinajstić information content (AvgIpc) is 2.93. The smallest absolute Gasteiger partial charge is 0.255 e. The number of rotatable bonds is 12. The molecule has 0 heterocycles. The summed E-state index contributed by atoms with van der Waals surface area (Å²) in [7, 11) is -1.96. The van der Waals surface area contributed by atoms with Crippen LogP contribution in [0, 0.1) is 17.2 Å². The number of hydrogen-bond acceptors (Lipinski definition) is 5. The first-order chi connectivity index (χ1) is 19.3. The molecule has 1 amide bonds. The Morgan fingerprint density at radius 1 is 1.12 bits per heavy atom. The van der Waals surface area contributed by atoms with Crippen molar-refractivity contribution in [2.45, 2.75) is 58.2 Å². The molecule has 3 aromatic carbocycles. The van der Waals surface area contributed by atoms with Crippen molar-refractivity contribution in [3.63, 3.8) is 0 Å². The first kappa shape index (κ1) is 32.9. The number of carbonyl (C=O) groups excluding carboxylic acids is 1. The molecule has 2 N–H and O–H groups in total. The monoisotopic (exact) mass is 614 g/mol. The Morgan fingerprint density at radius 3 is 2.46 bits per heavy atom. The highest BCUT2D eigenvalue weighted by atomic mass is 35.5. The summed E-state index contributed by atoms with van der Waals surface area (Å²) in [6, 6.07) is 16.8. The predicted octanol–water partition coefficient (Wildman–Crippen LogP) is 7.95. The van der Waals surface area contributed by atoms with Gasteiger partial charge < -0.3 is 19.6 Å². The third-order valence-electron chi connectivity index (χ3n) is 7.83. The van der Waals surface area contributed by atoms with Crippen LogP contribution in [0.4, 0.5) is 0 Å². The molecule has 41 heavy (non-hydrogen) atoms. The quantitative estimate of drug-likeness (QED) is 0.202. The molecular weight excluding hydrogens is 575 g/mol. The number of nitrogens with one attached hydrogen (secondary N) is 1. The lowest BCUT2D eigenvalue weighted by molar-refractivity contribution is 0.0945. The fourth-order valence-electron chi connectivity index (χ4n) is 4.20. The van der Waals surface area contributed by atoms with E-state index in [1.54, 1.807) is 12.1 Å². The molecule has 0 aliphatic heterocycles. The van der Waals surface area contributed by atoms with Crippen LogP contribution in [0.15, 0.2) is 48.5 Å². The van der Waals surface area contributed by atoms with E-state index in [2.05, 4.69) is 45.3 Å². The van der Waals surface area contributed by atoms with Crippen LogP contribution in [0.5, 0.6) is 5.75 Å². The summed E-state index contributed by atoms with van der Waals surface area (Å²) < 4.78 is 12.5. The number of benzene rings is 3. The van der Waals surface area contributed by atoms with E-state index in [1.807, 2.05) is 43.3 Å². The summed E-state index contributed by atoms with van der Waals surface area (Å²) in [6.07, 6.45) is 0.668. The standard InChI is InChI=1S/C32H40Cl2N2O4Si/c1-21(19-37)20-39-30-25(17-35)15-23-9-7-8-10-26(23)29(30)31(38)36-18-24(22-11-12-27(33)28(34)16-22)13-14-40-41(5,6)32(2,3)4/h7-12,15-16,21,24,37H,13-14,18-20H2,1-6H3,(H,36,38)/t21-,24-/m1/s1. The molecule has 0 fully saturated rings. The highest BCUT2D eigenvalue weighted by Crippen LogP contribution is 2.37. The third-order valence-corrected chi connectivity index (χ3v) is 13.1. The van der Waals surface area contributed by atoms with E-state index in [4.69, 9.17) is 32.4 Å². The number of aliphatic hydroxyl groups is 1. The van der Waals surface area contributed by atoms with Gasteiger partial charge >= 0.3 is 0 Å². The summed E-state index contributed by atoms with van der Waals surface area (Å²) >= 11 is 12.6. The number of fused-ring (bicyclic) bond motifs is 1. The zero-order valence-corrected chi connectivity index (χ0v) is 27.2. The van der Waals surface area contributed by atoms with Crippen LogP contribution in [0.3, 0.4) is 0 Å². The summed E-state index contributed by atoms with van der Waals surface area (Å²) in [5, 5.41) is 24.9. The molecule has 220 valence electrons. The van der Waals surface area contributed by atoms with E-state index < -0.39 is 8.32 Å². The van der Waals surface area contributed by atoms with Crippen molar-refractivity contribution in [1.82, 2.24) is 5.32 Å². The van der Waals surface area contributed by atoms with Gasteiger partial charge in [0.25, 0.3) is 5.91 Å². The van der Waals surface area contributed by atoms with E-state index >= 15 is 0 Å². The summed E-state index contributed by atoms with van der Waals surface area (Å²) in [5.41, 5.74) is 1.51. The number of amides is 1. The van der Waals surface area contributed by atoms with E-state index in [1.165, 1.54) is 0 Å². The Labute approximate surface area is 254 Å². The van der Waals surface area contributed by atoms with E-state index in [0.717, 1.165) is 10.9 Å². The van der Waals surface area contributed by atoms with Crippen LogP contribution < -0.4 is 10.1 Å². The van der Waals surface area contributed by atoms with Crippen LogP contribution >= 0.6 is 23.2 Å². The Bertz CT molecular complexity index is 1420. The fraction of sp³-hybridized carbons (Fsp3) is 0.438. The van der Waals surface area contributed by atoms with E-state index in [9.17, 15) is 15.2 Å². The highest BCUT2D eigenvalue weighted by Gasteiger charge is 2.37. The molecule has 2 atom stereocenters. The van der Waals surface area contributed by atoms with Crippen molar-refractivity contribution in [2.24, 2.45) is 5.92 Å². The molecule has 0 aromatic heterocycles. The van der Waals surface area contributed by atoms with Crippen LogP contribution in [-0.2, 0) is 4.43 Å². The molecule has 3 aromatic rings. The minimum absolute atomic E-state index is 0.0702. The van der Waals surface area contributed by atoms with Gasteiger partial charge in [0.05, 0.1) is 27.8 Å². The molecule has 0 aliphatic rings. The lowest BCUT2D eigenvalue weighted by Crippen LogP contribution is -2.41. The van der Waals surface area contributed by atoms with Crippen LogP contribution in [0.25, 0.3) is 10.8 Å². The molecule has 0 radical (unpaired) electrons. The second-order valence-electron chi connectivity index (χ2n) is 12.0. The average molecular weight is 616 g/mol. The maximum Gasteiger partial charge on any atom is 0.255 e. The Balaban J connectivity index is 1.93. The molecule has 9 heteroatoms. The second-order valence-corrected chi connectivity index (χ2v) is 17.7. The molecule has 0 aliphatic carbocycles. The maximum atomic E-state index is 13.9. The highest BCUT2D eigenvalue weighted by molar-refractivity contribution is 6.74. The molecule has 3 rings (SSSR count). The van der Waals surface area contributed by atoms with Gasteiger partial charge in [-0.2, -0.15) is 5.26 Å². The number of nitrogens with zero attached hydrogens (tertiary/aromatic N) is 1. The Morgan fingerprint density at radius 2 is 1.83 bits per heavy atom. The van der Waals surface area contributed by atoms with Crippen LogP contribution in [0.1, 0.15) is 61.5 Å². The van der Waals surface area contributed by atoms with Gasteiger partial charge in [0, 0.05) is 31.6 Å². The van der Waals surface area contributed by atoms with Gasteiger partial charge in [0.2, 0.25) is 0 Å². The Kier molecular flexibility index (Phi) is 11.3. The largest absolute Gasteiger partial charge is 0.491 e. The van der Waals surface area contributed by atoms with Crippen molar-refractivity contribution in [2.75, 3.05) is 26.4 Å². The SMILES string of the molecule is C[C@H](CO)COc1c(C#N)cc2ccccc2c1C(=O)NC[C@@H](CCO[Si](C)(C)C(C)(C)C)c1ccc(Cl)c(Cl)c1. The predicted molar refractivity (Wildman–Crippen MR) is 170 cm³/mol. The summed E-state index contributed by atoms with van der Waals surface area (Å²) in [5.74, 6) is -0.386. The maximum absolute atomic E-state index is 13.9. The minimum Gasteiger partial charge on any atom is -0.491 e. The van der Waals surface area contributed by atoms with Gasteiger partial charge in [-0.3, -0.25) is 4.79 Å². The molecule has 0 bridgehead atoms. The lowest BCUT2D eigenvalue weighted by Gasteiger charge is -2.36. The summed E-state index contributed by atoms with van der Waals surface area (Å²) in [6.45, 7) is 13.8. The van der Waals surface area contributed by atoms with E-state index in [-0.39, 0.29) is 47.3 Å². The number of hydrogen-bond donors (Lipinski definition) is 2. The first-order valence-electron chi connectivity index (χ1n) is 13.9. The molecule has 6 nitrogen and oxygen atoms in total. The number of carbonyl (C=O) groups is 1. The van der Waals surface area contributed by atoms with Gasteiger partial charge in [-0.05, 0) is 59.1 Å². The molecule has 0 saturated carbocycles. The van der Waals surface area contributed by atoms with Gasteiger partial charge in [-0.25, -0.2) is 0 Å². The normalized spacial score (nSPS) is 13.5. The van der Waals surface area contributed by atoms with Crippen LogP contribution in [0.2, 0.25) is 28.2 Å². The molecule has 0 unspecified atom stereocenters. The topological polar surface area (TPSA) is 91.6 Å². The zero-order valence-electron chi connectivity index (χ0n) is 24.7. The first-order valence-corrected chi connectivity index (χ1v) is 17.5. The molecule has 0 saturated heterocycles. The van der Waals surface area contributed by atoms with Crippen molar-refractivity contribution in [3.8, 4) is 11.8 Å². The van der Waals surface area contributed by atoms with E-state index in [0.29, 0.717) is 40.6 Å². The minimum atomic E-state index is -1.96. The lowest BCUT2D eigenvalue weighted by atomic mass is 9.95. The molecule has 0 spiro atoms. The zero-order chi connectivity index (χ0) is 30.4. The number of nitriles is 1. The van der Waals surface area contributed by atoms with Crippen molar-refractivity contribution < 1.29 is 19.1 Å². The Hall–Kier alpha value is -2.60. The van der Waals surface area contributed by atoms with Crippen LogP contribution in [-0.4, -0.2) is 45.7 Å². The van der Waals surface area contributed by atoms with Gasteiger partial charge in [-0.15, -0.1) is 0 Å². The van der Waals surface area contributed by atoms with Gasteiger partial charge in [-0.1, -0.05) is 81.2 Å². The van der Waals surface area contributed by atoms with Crippen molar-refractivity contribution in [3.05, 3.63) is 75.3 Å². The number of halogens is 2. The number of ether oxygens (including phenoxy) is 1. The summed E-state index contributed by atoms with van der Waals surface area (Å²) in [4.78, 5) is 13.9. The van der Waals surface area contributed by atoms with Gasteiger partial charge in [0.1, 0.15) is 11.8 Å². The third kappa shape index (κ3) is 8.24. The van der Waals surface area contributed by atoms with Crippen molar-refractivity contribution >= 4 is 48.2 Å². The molecular formula is C32H40Cl2N2O4Si. The second kappa shape index (κ2) is 14.0. The number of aliphatic hydroxyl groups excluding tert-OH is 1. The van der Waals surface area contributed by atoms with Gasteiger partial charge in [0.15, 0.2) is 8.32 Å². The fourth-order valence-corrected chi connectivity index (χ4v) is 5.56. The van der Waals surface area contributed by atoms with Crippen molar-refractivity contribution in [1.29, 1.82) is 5.26 Å².